The van der Waals surface area contributed by atoms with Crippen LogP contribution in [0.15, 0.2) is 97.1 Å². The summed E-state index contributed by atoms with van der Waals surface area (Å²) < 4.78 is 13.1. The molecule has 5 aromatic carbocycles. The molecule has 0 atom stereocenters. The number of rotatable bonds is 6. The van der Waals surface area contributed by atoms with Crippen LogP contribution in [-0.2, 0) is 23.2 Å². The molecule has 7 rings (SSSR count). The van der Waals surface area contributed by atoms with Crippen molar-refractivity contribution in [1.82, 2.24) is 0 Å². The normalized spacial score (nSPS) is 13.9. The van der Waals surface area contributed by atoms with Crippen LogP contribution in [0.1, 0.15) is 63.1 Å². The monoisotopic (exact) mass is 566 g/mol. The van der Waals surface area contributed by atoms with E-state index < -0.39 is 5.60 Å². The van der Waals surface area contributed by atoms with E-state index in [0.717, 1.165) is 52.3 Å². The quantitative estimate of drug-likeness (QED) is 0.201. The Labute approximate surface area is 252 Å². The molecule has 0 radical (unpaired) electrons. The Kier molecular flexibility index (Phi) is 6.46. The molecule has 214 valence electrons. The van der Waals surface area contributed by atoms with E-state index >= 15 is 0 Å². The van der Waals surface area contributed by atoms with Gasteiger partial charge in [0.2, 0.25) is 0 Å². The average molecular weight is 567 g/mol. The van der Waals surface area contributed by atoms with Gasteiger partial charge in [0.15, 0.2) is 5.60 Å². The van der Waals surface area contributed by atoms with Crippen LogP contribution in [0.2, 0.25) is 0 Å². The Morgan fingerprint density at radius 1 is 0.628 bits per heavy atom. The van der Waals surface area contributed by atoms with Gasteiger partial charge >= 0.3 is 5.97 Å². The first-order valence-corrected chi connectivity index (χ1v) is 14.9. The first-order valence-electron chi connectivity index (χ1n) is 14.9. The maximum atomic E-state index is 13.3. The van der Waals surface area contributed by atoms with Crippen LogP contribution in [0.3, 0.4) is 0 Å². The Hall–Kier alpha value is -5.03. The summed E-state index contributed by atoms with van der Waals surface area (Å²) in [6.07, 6.45) is 1.84. The van der Waals surface area contributed by atoms with Crippen LogP contribution >= 0.6 is 0 Å². The molecular weight excluding hydrogens is 532 g/mol. The number of hydrogen-bond donors (Lipinski definition) is 2. The zero-order valence-electron chi connectivity index (χ0n) is 24.9. The van der Waals surface area contributed by atoms with Crippen molar-refractivity contribution >= 4 is 28.7 Å². The first kappa shape index (κ1) is 26.8. The minimum Gasteiger partial charge on any atom is -0.456 e. The molecule has 2 aliphatic heterocycles. The van der Waals surface area contributed by atoms with Crippen molar-refractivity contribution in [3.63, 3.8) is 0 Å². The summed E-state index contributed by atoms with van der Waals surface area (Å²) >= 11 is 0. The number of benzene rings is 5. The highest BCUT2D eigenvalue weighted by Gasteiger charge is 2.53. The van der Waals surface area contributed by atoms with E-state index in [2.05, 4.69) is 74.7 Å². The van der Waals surface area contributed by atoms with E-state index in [0.29, 0.717) is 17.1 Å². The molecule has 0 unspecified atom stereocenters. The van der Waals surface area contributed by atoms with Gasteiger partial charge < -0.3 is 20.1 Å². The molecule has 0 saturated carbocycles. The number of carbonyl (C=O) groups is 1. The van der Waals surface area contributed by atoms with Crippen molar-refractivity contribution in [3.05, 3.63) is 142 Å². The lowest BCUT2D eigenvalue weighted by molar-refractivity contribution is 0.0224. The topological polar surface area (TPSA) is 59.6 Å². The third-order valence-electron chi connectivity index (χ3n) is 8.73. The highest BCUT2D eigenvalue weighted by atomic mass is 16.6. The molecule has 1 spiro atoms. The SMILES string of the molecule is CCc1cccc(C)c1Nc1ccc2c(c1)Oc1cc(Nc3c(C)cccc3CC)ccc1C21OC(=O)c2ccccc21. The smallest absolute Gasteiger partial charge is 0.340 e. The Morgan fingerprint density at radius 3 is 1.70 bits per heavy atom. The van der Waals surface area contributed by atoms with E-state index in [9.17, 15) is 4.79 Å². The van der Waals surface area contributed by atoms with Gasteiger partial charge in [-0.2, -0.15) is 0 Å². The lowest BCUT2D eigenvalue weighted by Crippen LogP contribution is -2.33. The molecule has 0 amide bonds. The number of ether oxygens (including phenoxy) is 2. The zero-order valence-corrected chi connectivity index (χ0v) is 24.9. The minimum atomic E-state index is -1.11. The molecule has 0 aliphatic carbocycles. The molecule has 0 saturated heterocycles. The third-order valence-corrected chi connectivity index (χ3v) is 8.73. The van der Waals surface area contributed by atoms with Crippen molar-refractivity contribution in [2.75, 3.05) is 10.6 Å². The fraction of sp³-hybridized carbons (Fsp3) is 0.184. The first-order chi connectivity index (χ1) is 20.9. The molecule has 0 fully saturated rings. The average Bonchev–Trinajstić information content (AvgIpc) is 3.31. The van der Waals surface area contributed by atoms with Gasteiger partial charge in [-0.3, -0.25) is 0 Å². The van der Waals surface area contributed by atoms with Gasteiger partial charge in [0.05, 0.1) is 5.56 Å². The Morgan fingerprint density at radius 2 is 1.16 bits per heavy atom. The molecule has 2 heterocycles. The minimum absolute atomic E-state index is 0.334. The third kappa shape index (κ3) is 4.26. The number of hydrogen-bond acceptors (Lipinski definition) is 5. The van der Waals surface area contributed by atoms with Gasteiger partial charge in [0.1, 0.15) is 11.5 Å². The van der Waals surface area contributed by atoms with Crippen LogP contribution in [0, 0.1) is 13.8 Å². The van der Waals surface area contributed by atoms with Crippen molar-refractivity contribution < 1.29 is 14.3 Å². The van der Waals surface area contributed by atoms with Crippen LogP contribution in [0.25, 0.3) is 0 Å². The van der Waals surface area contributed by atoms with Gasteiger partial charge in [-0.25, -0.2) is 4.79 Å². The molecule has 2 N–H and O–H groups in total. The highest BCUT2D eigenvalue weighted by molar-refractivity contribution is 5.97. The molecule has 5 nitrogen and oxygen atoms in total. The summed E-state index contributed by atoms with van der Waals surface area (Å²) in [6, 6.07) is 32.5. The summed E-state index contributed by atoms with van der Waals surface area (Å²) in [4.78, 5) is 13.3. The maximum Gasteiger partial charge on any atom is 0.340 e. The number of nitrogens with one attached hydrogen (secondary N) is 2. The number of para-hydroxylation sites is 2. The summed E-state index contributed by atoms with van der Waals surface area (Å²) in [7, 11) is 0. The van der Waals surface area contributed by atoms with Gasteiger partial charge in [0, 0.05) is 51.6 Å². The van der Waals surface area contributed by atoms with E-state index in [1.165, 1.54) is 22.3 Å². The van der Waals surface area contributed by atoms with E-state index in [1.54, 1.807) is 0 Å². The standard InChI is InChI=1S/C38H34N2O3/c1-5-25-13-9-11-23(3)35(25)39-27-17-19-31-33(21-27)42-34-22-28(40-36-24(4)12-10-14-26(36)6-2)18-20-32(34)38(31)30-16-8-7-15-29(30)37(41)43-38/h7-22,39-40H,5-6H2,1-4H3. The van der Waals surface area contributed by atoms with E-state index in [1.807, 2.05) is 60.7 Å². The van der Waals surface area contributed by atoms with Gasteiger partial charge in [-0.15, -0.1) is 0 Å². The molecule has 5 heteroatoms. The Balaban J connectivity index is 1.37. The summed E-state index contributed by atoms with van der Waals surface area (Å²) in [5.74, 6) is 0.964. The molecule has 43 heavy (non-hydrogen) atoms. The molecule has 2 aliphatic rings. The second-order valence-corrected chi connectivity index (χ2v) is 11.3. The lowest BCUT2D eigenvalue weighted by Gasteiger charge is -2.37. The van der Waals surface area contributed by atoms with Gasteiger partial charge in [0.25, 0.3) is 0 Å². The Bertz CT molecular complexity index is 1800. The summed E-state index contributed by atoms with van der Waals surface area (Å²) in [5, 5.41) is 7.27. The fourth-order valence-electron chi connectivity index (χ4n) is 6.52. The number of carbonyl (C=O) groups excluding carboxylic acids is 1. The molecule has 5 aromatic rings. The van der Waals surface area contributed by atoms with Gasteiger partial charge in [-0.1, -0.05) is 68.4 Å². The van der Waals surface area contributed by atoms with E-state index in [4.69, 9.17) is 9.47 Å². The molecular formula is C38H34N2O3. The summed E-state index contributed by atoms with van der Waals surface area (Å²) in [5.41, 5.74) is 10.8. The van der Waals surface area contributed by atoms with E-state index in [-0.39, 0.29) is 5.97 Å². The predicted molar refractivity (Wildman–Crippen MR) is 172 cm³/mol. The van der Waals surface area contributed by atoms with Crippen LogP contribution < -0.4 is 15.4 Å². The maximum absolute atomic E-state index is 13.3. The largest absolute Gasteiger partial charge is 0.456 e. The van der Waals surface area contributed by atoms with Crippen LogP contribution in [0.5, 0.6) is 11.5 Å². The summed E-state index contributed by atoms with van der Waals surface area (Å²) in [6.45, 7) is 8.55. The van der Waals surface area contributed by atoms with Crippen molar-refractivity contribution in [2.45, 2.75) is 46.1 Å². The zero-order chi connectivity index (χ0) is 29.7. The number of esters is 1. The fourth-order valence-corrected chi connectivity index (χ4v) is 6.52. The van der Waals surface area contributed by atoms with Crippen molar-refractivity contribution in [1.29, 1.82) is 0 Å². The van der Waals surface area contributed by atoms with Crippen molar-refractivity contribution in [3.8, 4) is 11.5 Å². The van der Waals surface area contributed by atoms with Gasteiger partial charge in [-0.05, 0) is 79.3 Å². The van der Waals surface area contributed by atoms with Crippen LogP contribution in [0.4, 0.5) is 22.7 Å². The van der Waals surface area contributed by atoms with Crippen molar-refractivity contribution in [2.24, 2.45) is 0 Å². The second kappa shape index (κ2) is 10.4. The number of anilines is 4. The second-order valence-electron chi connectivity index (χ2n) is 11.3. The molecule has 0 bridgehead atoms. The number of aryl methyl sites for hydroxylation is 4. The molecule has 0 aromatic heterocycles. The predicted octanol–water partition coefficient (Wildman–Crippen LogP) is 9.48. The van der Waals surface area contributed by atoms with Crippen LogP contribution in [-0.4, -0.2) is 5.97 Å². The lowest BCUT2D eigenvalue weighted by atomic mass is 9.77. The number of fused-ring (bicyclic) bond motifs is 6. The highest BCUT2D eigenvalue weighted by Crippen LogP contribution is 2.57.